The van der Waals surface area contributed by atoms with Crippen LogP contribution in [0, 0.1) is 24.6 Å². The average Bonchev–Trinajstić information content (AvgIpc) is 3.11. The summed E-state index contributed by atoms with van der Waals surface area (Å²) in [7, 11) is 0. The second-order valence-electron chi connectivity index (χ2n) is 9.14. The number of carbonyl (C=O) groups excluding carboxylic acids is 2. The molecule has 4 rings (SSSR count). The zero-order valence-electron chi connectivity index (χ0n) is 19.3. The van der Waals surface area contributed by atoms with Crippen molar-refractivity contribution in [3.05, 3.63) is 51.6 Å². The van der Waals surface area contributed by atoms with Gasteiger partial charge in [0.1, 0.15) is 5.82 Å². The predicted molar refractivity (Wildman–Crippen MR) is 123 cm³/mol. The molecule has 6 nitrogen and oxygen atoms in total. The largest absolute Gasteiger partial charge is 0.466 e. The molecule has 0 N–H and O–H groups in total. The van der Waals surface area contributed by atoms with Crippen LogP contribution in [0.15, 0.2) is 18.2 Å². The molecule has 1 amide bonds. The number of benzene rings is 1. The Morgan fingerprint density at radius 3 is 2.70 bits per heavy atom. The highest BCUT2D eigenvalue weighted by Crippen LogP contribution is 2.33. The highest BCUT2D eigenvalue weighted by Gasteiger charge is 2.31. The van der Waals surface area contributed by atoms with Crippen molar-refractivity contribution in [3.63, 3.8) is 0 Å². The standard InChI is InChI=1S/C25H31ClFN3O3/c1-3-33-25(32)18-6-4-17(5-7-18)12-24(31)29-11-10-21-16(2)28-30(23(21)15-29)14-19-8-9-20(26)13-22(19)27/h8-9,13,17-18H,3-7,10-12,14-15H2,1-2H3. The number of hydrogen-bond acceptors (Lipinski definition) is 4. The maximum Gasteiger partial charge on any atom is 0.308 e. The fraction of sp³-hybridized carbons (Fsp3) is 0.560. The monoisotopic (exact) mass is 475 g/mol. The van der Waals surface area contributed by atoms with Crippen molar-refractivity contribution in [2.75, 3.05) is 13.2 Å². The van der Waals surface area contributed by atoms with Crippen LogP contribution in [0.4, 0.5) is 4.39 Å². The molecule has 1 aromatic heterocycles. The van der Waals surface area contributed by atoms with Crippen molar-refractivity contribution in [2.45, 2.75) is 65.5 Å². The van der Waals surface area contributed by atoms with E-state index in [9.17, 15) is 14.0 Å². The number of carbonyl (C=O) groups is 2. The molecular weight excluding hydrogens is 445 g/mol. The third-order valence-corrected chi connectivity index (χ3v) is 7.19. The van der Waals surface area contributed by atoms with Crippen molar-refractivity contribution in [3.8, 4) is 0 Å². The van der Waals surface area contributed by atoms with E-state index in [1.54, 1.807) is 12.1 Å². The number of ether oxygens (including phenoxy) is 1. The van der Waals surface area contributed by atoms with Gasteiger partial charge in [0.2, 0.25) is 5.91 Å². The summed E-state index contributed by atoms with van der Waals surface area (Å²) in [6.45, 7) is 5.67. The van der Waals surface area contributed by atoms with Crippen LogP contribution in [0.25, 0.3) is 0 Å². The third-order valence-electron chi connectivity index (χ3n) is 6.96. The lowest BCUT2D eigenvalue weighted by Crippen LogP contribution is -2.38. The maximum atomic E-state index is 14.3. The van der Waals surface area contributed by atoms with E-state index in [0.29, 0.717) is 49.2 Å². The van der Waals surface area contributed by atoms with Gasteiger partial charge >= 0.3 is 5.97 Å². The van der Waals surface area contributed by atoms with E-state index >= 15 is 0 Å². The summed E-state index contributed by atoms with van der Waals surface area (Å²) < 4.78 is 21.3. The molecule has 1 aliphatic carbocycles. The second-order valence-corrected chi connectivity index (χ2v) is 9.58. The molecule has 0 unspecified atom stereocenters. The molecule has 2 heterocycles. The van der Waals surface area contributed by atoms with Crippen LogP contribution < -0.4 is 0 Å². The SMILES string of the molecule is CCOC(=O)C1CCC(CC(=O)N2CCc3c(C)nn(Cc4ccc(Cl)cc4F)c3C2)CC1. The Bertz CT molecular complexity index is 1030. The number of halogens is 2. The van der Waals surface area contributed by atoms with Crippen LogP contribution in [0.1, 0.15) is 61.5 Å². The van der Waals surface area contributed by atoms with Gasteiger partial charge in [0.25, 0.3) is 0 Å². The van der Waals surface area contributed by atoms with Crippen LogP contribution in [-0.4, -0.2) is 39.7 Å². The van der Waals surface area contributed by atoms with E-state index < -0.39 is 0 Å². The fourth-order valence-electron chi connectivity index (χ4n) is 5.07. The van der Waals surface area contributed by atoms with Gasteiger partial charge in [-0.15, -0.1) is 0 Å². The first-order chi connectivity index (χ1) is 15.9. The Labute approximate surface area is 199 Å². The topological polar surface area (TPSA) is 64.4 Å². The van der Waals surface area contributed by atoms with Gasteiger partial charge in [0, 0.05) is 23.6 Å². The normalized spacial score (nSPS) is 20.4. The molecule has 0 saturated heterocycles. The Morgan fingerprint density at radius 1 is 1.24 bits per heavy atom. The van der Waals surface area contributed by atoms with Crippen molar-refractivity contribution < 1.29 is 18.7 Å². The Kier molecular flexibility index (Phi) is 7.37. The number of rotatable bonds is 6. The highest BCUT2D eigenvalue weighted by molar-refractivity contribution is 6.30. The van der Waals surface area contributed by atoms with E-state index in [4.69, 9.17) is 16.3 Å². The first-order valence-electron chi connectivity index (χ1n) is 11.8. The van der Waals surface area contributed by atoms with Gasteiger partial charge in [0.05, 0.1) is 37.0 Å². The van der Waals surface area contributed by atoms with E-state index in [2.05, 4.69) is 5.10 Å². The first kappa shape index (κ1) is 23.7. The molecule has 0 radical (unpaired) electrons. The summed E-state index contributed by atoms with van der Waals surface area (Å²) in [4.78, 5) is 26.9. The minimum Gasteiger partial charge on any atom is -0.466 e. The number of nitrogens with zero attached hydrogens (tertiary/aromatic N) is 3. The molecule has 0 spiro atoms. The number of aromatic nitrogens is 2. The van der Waals surface area contributed by atoms with Crippen LogP contribution in [0.3, 0.4) is 0 Å². The van der Waals surface area contributed by atoms with Crippen LogP contribution in [0.2, 0.25) is 5.02 Å². The summed E-state index contributed by atoms with van der Waals surface area (Å²) in [5.74, 6) is -0.0414. The molecule has 1 aliphatic heterocycles. The molecule has 1 aromatic carbocycles. The quantitative estimate of drug-likeness (QED) is 0.569. The molecule has 8 heteroatoms. The zero-order valence-corrected chi connectivity index (χ0v) is 20.0. The van der Waals surface area contributed by atoms with Crippen molar-refractivity contribution in [2.24, 2.45) is 11.8 Å². The number of esters is 1. The lowest BCUT2D eigenvalue weighted by Gasteiger charge is -2.31. The van der Waals surface area contributed by atoms with Gasteiger partial charge in [-0.1, -0.05) is 17.7 Å². The fourth-order valence-corrected chi connectivity index (χ4v) is 5.23. The Balaban J connectivity index is 1.38. The molecule has 0 bridgehead atoms. The molecule has 2 aromatic rings. The van der Waals surface area contributed by atoms with E-state index in [1.807, 2.05) is 23.4 Å². The zero-order chi connectivity index (χ0) is 23.5. The lowest BCUT2D eigenvalue weighted by atomic mass is 9.80. The van der Waals surface area contributed by atoms with E-state index in [1.165, 1.54) is 6.07 Å². The molecule has 0 atom stereocenters. The number of fused-ring (bicyclic) bond motifs is 1. The summed E-state index contributed by atoms with van der Waals surface area (Å²) in [6, 6.07) is 4.67. The number of amides is 1. The molecule has 178 valence electrons. The Hall–Kier alpha value is -2.41. The predicted octanol–water partition coefficient (Wildman–Crippen LogP) is 4.68. The molecular formula is C25H31ClFN3O3. The summed E-state index contributed by atoms with van der Waals surface area (Å²) >= 11 is 5.88. The van der Waals surface area contributed by atoms with Crippen LogP contribution in [-0.2, 0) is 33.8 Å². The van der Waals surface area contributed by atoms with E-state index in [-0.39, 0.29) is 23.6 Å². The van der Waals surface area contributed by atoms with Gasteiger partial charge in [-0.2, -0.15) is 5.10 Å². The number of hydrogen-bond donors (Lipinski definition) is 0. The van der Waals surface area contributed by atoms with Gasteiger partial charge < -0.3 is 9.64 Å². The summed E-state index contributed by atoms with van der Waals surface area (Å²) in [5, 5.41) is 5.00. The van der Waals surface area contributed by atoms with Gasteiger partial charge in [-0.25, -0.2) is 4.39 Å². The molecule has 2 aliphatic rings. The van der Waals surface area contributed by atoms with Crippen LogP contribution >= 0.6 is 11.6 Å². The summed E-state index contributed by atoms with van der Waals surface area (Å²) in [5.41, 5.74) is 3.59. The summed E-state index contributed by atoms with van der Waals surface area (Å²) in [6.07, 6.45) is 4.59. The van der Waals surface area contributed by atoms with Gasteiger partial charge in [-0.3, -0.25) is 14.3 Å². The Morgan fingerprint density at radius 2 is 2.00 bits per heavy atom. The minimum atomic E-state index is -0.355. The minimum absolute atomic E-state index is 0.0283. The molecule has 33 heavy (non-hydrogen) atoms. The molecule has 1 fully saturated rings. The van der Waals surface area contributed by atoms with Gasteiger partial charge in [-0.05, 0) is 69.6 Å². The van der Waals surface area contributed by atoms with Crippen LogP contribution in [0.5, 0.6) is 0 Å². The first-order valence-corrected chi connectivity index (χ1v) is 12.2. The average molecular weight is 476 g/mol. The number of aryl methyl sites for hydroxylation is 1. The van der Waals surface area contributed by atoms with Crippen molar-refractivity contribution in [1.82, 2.24) is 14.7 Å². The molecule has 1 saturated carbocycles. The van der Waals surface area contributed by atoms with Crippen molar-refractivity contribution in [1.29, 1.82) is 0 Å². The van der Waals surface area contributed by atoms with E-state index in [0.717, 1.165) is 49.1 Å². The smallest absolute Gasteiger partial charge is 0.308 e. The maximum absolute atomic E-state index is 14.3. The highest BCUT2D eigenvalue weighted by atomic mass is 35.5. The van der Waals surface area contributed by atoms with Gasteiger partial charge in [0.15, 0.2) is 0 Å². The third kappa shape index (κ3) is 5.40. The second kappa shape index (κ2) is 10.2. The van der Waals surface area contributed by atoms with Crippen molar-refractivity contribution >= 4 is 23.5 Å². The lowest BCUT2D eigenvalue weighted by molar-refractivity contribution is -0.149.